The van der Waals surface area contributed by atoms with Crippen molar-refractivity contribution in [3.63, 3.8) is 0 Å². The first-order valence-electron chi connectivity index (χ1n) is 9.47. The van der Waals surface area contributed by atoms with Crippen molar-refractivity contribution in [2.45, 2.75) is 51.1 Å². The van der Waals surface area contributed by atoms with E-state index >= 15 is 0 Å². The summed E-state index contributed by atoms with van der Waals surface area (Å²) in [7, 11) is 3.47. The maximum atomic E-state index is 5.53. The van der Waals surface area contributed by atoms with E-state index in [4.69, 9.17) is 9.47 Å². The van der Waals surface area contributed by atoms with Crippen molar-refractivity contribution in [2.75, 3.05) is 40.4 Å². The first-order valence-corrected chi connectivity index (χ1v) is 9.47. The summed E-state index contributed by atoms with van der Waals surface area (Å²) in [6.07, 6.45) is 8.22. The molecule has 0 aliphatic carbocycles. The van der Waals surface area contributed by atoms with Crippen molar-refractivity contribution >= 4 is 0 Å². The van der Waals surface area contributed by atoms with Crippen LogP contribution in [0.3, 0.4) is 0 Å². The molecule has 0 N–H and O–H groups in total. The van der Waals surface area contributed by atoms with Gasteiger partial charge in [-0.2, -0.15) is 0 Å². The molecule has 0 aromatic heterocycles. The predicted molar refractivity (Wildman–Crippen MR) is 97.9 cm³/mol. The van der Waals surface area contributed by atoms with Gasteiger partial charge in [0.05, 0.1) is 14.2 Å². The molecule has 2 saturated heterocycles. The lowest BCUT2D eigenvalue weighted by Crippen LogP contribution is -2.45. The standard InChI is InChI=1S/C20H32N2O2/c1-23-19-7-8-20(24-2)17(15-19)16-21-13-9-18(10-14-21)22-11-5-3-4-6-12-22/h7-8,15,18H,3-6,9-14,16H2,1-2H3. The van der Waals surface area contributed by atoms with E-state index < -0.39 is 0 Å². The highest BCUT2D eigenvalue weighted by Crippen LogP contribution is 2.27. The van der Waals surface area contributed by atoms with Crippen LogP contribution in [0.15, 0.2) is 18.2 Å². The van der Waals surface area contributed by atoms with Gasteiger partial charge in [0.2, 0.25) is 0 Å². The molecule has 0 radical (unpaired) electrons. The van der Waals surface area contributed by atoms with Gasteiger partial charge in [0.1, 0.15) is 11.5 Å². The molecule has 0 amide bonds. The van der Waals surface area contributed by atoms with E-state index in [2.05, 4.69) is 15.9 Å². The van der Waals surface area contributed by atoms with Crippen molar-refractivity contribution in [1.29, 1.82) is 0 Å². The summed E-state index contributed by atoms with van der Waals surface area (Å²) in [5, 5.41) is 0. The van der Waals surface area contributed by atoms with Crippen molar-refractivity contribution in [3.05, 3.63) is 23.8 Å². The zero-order valence-corrected chi connectivity index (χ0v) is 15.3. The molecule has 4 heteroatoms. The molecule has 4 nitrogen and oxygen atoms in total. The van der Waals surface area contributed by atoms with E-state index in [1.807, 2.05) is 12.1 Å². The normalized spacial score (nSPS) is 21.4. The number of likely N-dealkylation sites (tertiary alicyclic amines) is 2. The van der Waals surface area contributed by atoms with Gasteiger partial charge in [0, 0.05) is 18.2 Å². The van der Waals surface area contributed by atoms with E-state index in [1.54, 1.807) is 14.2 Å². The second-order valence-electron chi connectivity index (χ2n) is 7.14. The topological polar surface area (TPSA) is 24.9 Å². The minimum absolute atomic E-state index is 0.798. The van der Waals surface area contributed by atoms with Gasteiger partial charge < -0.3 is 14.4 Å². The second-order valence-corrected chi connectivity index (χ2v) is 7.14. The first-order chi connectivity index (χ1) is 11.8. The van der Waals surface area contributed by atoms with Gasteiger partial charge in [-0.05, 0) is 70.1 Å². The lowest BCUT2D eigenvalue weighted by Gasteiger charge is -2.38. The molecule has 2 aliphatic rings. The minimum atomic E-state index is 0.798. The fourth-order valence-electron chi connectivity index (χ4n) is 4.15. The molecule has 0 spiro atoms. The Hall–Kier alpha value is -1.26. The van der Waals surface area contributed by atoms with Crippen LogP contribution in [0.25, 0.3) is 0 Å². The average Bonchev–Trinajstić information content (AvgIpc) is 2.92. The third kappa shape index (κ3) is 4.42. The zero-order valence-electron chi connectivity index (χ0n) is 15.3. The van der Waals surface area contributed by atoms with Crippen molar-refractivity contribution in [3.8, 4) is 11.5 Å². The van der Waals surface area contributed by atoms with Crippen LogP contribution in [0, 0.1) is 0 Å². The Kier molecular flexibility index (Phi) is 6.38. The molecule has 1 aromatic carbocycles. The maximum Gasteiger partial charge on any atom is 0.123 e. The van der Waals surface area contributed by atoms with Crippen molar-refractivity contribution < 1.29 is 9.47 Å². The van der Waals surface area contributed by atoms with Crippen LogP contribution in [-0.4, -0.2) is 56.2 Å². The van der Waals surface area contributed by atoms with Gasteiger partial charge in [-0.15, -0.1) is 0 Å². The molecule has 0 atom stereocenters. The maximum absolute atomic E-state index is 5.53. The second kappa shape index (κ2) is 8.72. The lowest BCUT2D eigenvalue weighted by molar-refractivity contribution is 0.107. The molecule has 2 aliphatic heterocycles. The Morgan fingerprint density at radius 3 is 2.25 bits per heavy atom. The number of hydrogen-bond acceptors (Lipinski definition) is 4. The number of nitrogens with zero attached hydrogens (tertiary/aromatic N) is 2. The number of benzene rings is 1. The summed E-state index contributed by atoms with van der Waals surface area (Å²) >= 11 is 0. The summed E-state index contributed by atoms with van der Waals surface area (Å²) in [4.78, 5) is 5.32. The third-order valence-corrected chi connectivity index (χ3v) is 5.60. The van der Waals surface area contributed by atoms with Crippen LogP contribution < -0.4 is 9.47 Å². The summed E-state index contributed by atoms with van der Waals surface area (Å²) in [5.41, 5.74) is 1.23. The van der Waals surface area contributed by atoms with Crippen LogP contribution >= 0.6 is 0 Å². The molecule has 2 heterocycles. The monoisotopic (exact) mass is 332 g/mol. The molecule has 1 aromatic rings. The van der Waals surface area contributed by atoms with Gasteiger partial charge in [0.15, 0.2) is 0 Å². The van der Waals surface area contributed by atoms with Gasteiger partial charge in [-0.25, -0.2) is 0 Å². The van der Waals surface area contributed by atoms with Gasteiger partial charge in [-0.1, -0.05) is 12.8 Å². The summed E-state index contributed by atoms with van der Waals surface area (Å²) in [5.74, 6) is 1.87. The highest BCUT2D eigenvalue weighted by Gasteiger charge is 2.25. The molecule has 0 saturated carbocycles. The summed E-state index contributed by atoms with van der Waals surface area (Å²) < 4.78 is 10.9. The fourth-order valence-corrected chi connectivity index (χ4v) is 4.15. The summed E-state index contributed by atoms with van der Waals surface area (Å²) in [6, 6.07) is 6.89. The van der Waals surface area contributed by atoms with Crippen LogP contribution in [0.5, 0.6) is 11.5 Å². The SMILES string of the molecule is COc1ccc(OC)c(CN2CCC(N3CCCCCC3)CC2)c1. The van der Waals surface area contributed by atoms with Crippen LogP contribution in [-0.2, 0) is 6.54 Å². The van der Waals surface area contributed by atoms with E-state index in [9.17, 15) is 0 Å². The smallest absolute Gasteiger partial charge is 0.123 e. The highest BCUT2D eigenvalue weighted by molar-refractivity contribution is 5.40. The molecule has 2 fully saturated rings. The van der Waals surface area contributed by atoms with Gasteiger partial charge in [0.25, 0.3) is 0 Å². The number of piperidine rings is 1. The molecule has 3 rings (SSSR count). The fraction of sp³-hybridized carbons (Fsp3) is 0.700. The van der Waals surface area contributed by atoms with E-state index in [0.29, 0.717) is 0 Å². The van der Waals surface area contributed by atoms with E-state index in [-0.39, 0.29) is 0 Å². The Morgan fingerprint density at radius 2 is 1.62 bits per heavy atom. The van der Waals surface area contributed by atoms with E-state index in [0.717, 1.165) is 24.1 Å². The average molecular weight is 332 g/mol. The molecule has 0 unspecified atom stereocenters. The quantitative estimate of drug-likeness (QED) is 0.823. The number of methoxy groups -OCH3 is 2. The first kappa shape index (κ1) is 17.6. The Morgan fingerprint density at radius 1 is 0.917 bits per heavy atom. The van der Waals surface area contributed by atoms with Gasteiger partial charge >= 0.3 is 0 Å². The number of ether oxygens (including phenoxy) is 2. The molecular weight excluding hydrogens is 300 g/mol. The van der Waals surface area contributed by atoms with E-state index in [1.165, 1.54) is 70.3 Å². The summed E-state index contributed by atoms with van der Waals surface area (Å²) in [6.45, 7) is 5.94. The molecule has 0 bridgehead atoms. The largest absolute Gasteiger partial charge is 0.497 e. The molecule has 24 heavy (non-hydrogen) atoms. The molecular formula is C20H32N2O2. The molecule has 134 valence electrons. The van der Waals surface area contributed by atoms with Crippen LogP contribution in [0.2, 0.25) is 0 Å². The van der Waals surface area contributed by atoms with Crippen molar-refractivity contribution in [1.82, 2.24) is 9.80 Å². The number of hydrogen-bond donors (Lipinski definition) is 0. The Labute approximate surface area is 146 Å². The predicted octanol–water partition coefficient (Wildman–Crippen LogP) is 3.54. The highest BCUT2D eigenvalue weighted by atomic mass is 16.5. The third-order valence-electron chi connectivity index (χ3n) is 5.60. The number of rotatable bonds is 5. The van der Waals surface area contributed by atoms with Crippen LogP contribution in [0.4, 0.5) is 0 Å². The van der Waals surface area contributed by atoms with Crippen LogP contribution in [0.1, 0.15) is 44.1 Å². The lowest BCUT2D eigenvalue weighted by atomic mass is 10.0. The minimum Gasteiger partial charge on any atom is -0.497 e. The Balaban J connectivity index is 1.55. The van der Waals surface area contributed by atoms with Crippen molar-refractivity contribution in [2.24, 2.45) is 0 Å². The zero-order chi connectivity index (χ0) is 16.8. The van der Waals surface area contributed by atoms with Gasteiger partial charge in [-0.3, -0.25) is 4.90 Å². The Bertz CT molecular complexity index is 504.